The van der Waals surface area contributed by atoms with Gasteiger partial charge in [0.15, 0.2) is 0 Å². The zero-order valence-corrected chi connectivity index (χ0v) is 9.47. The van der Waals surface area contributed by atoms with E-state index in [9.17, 15) is 4.79 Å². The summed E-state index contributed by atoms with van der Waals surface area (Å²) in [5.41, 5.74) is 4.73. The fourth-order valence-corrected chi connectivity index (χ4v) is 2.33. The molecule has 0 aliphatic heterocycles. The smallest absolute Gasteiger partial charge is 0.323 e. The molecule has 1 aliphatic carbocycles. The quantitative estimate of drug-likeness (QED) is 0.758. The van der Waals surface area contributed by atoms with Gasteiger partial charge in [0.05, 0.1) is 6.04 Å². The van der Waals surface area contributed by atoms with Crippen LogP contribution in [0.5, 0.6) is 0 Å². The SMILES string of the molecule is Cc1nc(C)n(C2CCC(N)(C(=O)O)C2)n1. The van der Waals surface area contributed by atoms with E-state index in [0.29, 0.717) is 18.7 Å². The summed E-state index contributed by atoms with van der Waals surface area (Å²) in [7, 11) is 0. The van der Waals surface area contributed by atoms with Crippen molar-refractivity contribution in [1.29, 1.82) is 0 Å². The van der Waals surface area contributed by atoms with Crippen LogP contribution in [0.25, 0.3) is 0 Å². The van der Waals surface area contributed by atoms with Crippen molar-refractivity contribution in [3.8, 4) is 0 Å². The Labute approximate surface area is 93.5 Å². The van der Waals surface area contributed by atoms with Crippen LogP contribution < -0.4 is 5.73 Å². The molecule has 6 heteroatoms. The van der Waals surface area contributed by atoms with E-state index in [2.05, 4.69) is 10.1 Å². The van der Waals surface area contributed by atoms with Crippen LogP contribution in [0.4, 0.5) is 0 Å². The minimum absolute atomic E-state index is 0.0577. The summed E-state index contributed by atoms with van der Waals surface area (Å²) >= 11 is 0. The zero-order chi connectivity index (χ0) is 11.9. The lowest BCUT2D eigenvalue weighted by Crippen LogP contribution is -2.45. The largest absolute Gasteiger partial charge is 0.480 e. The first-order chi connectivity index (χ1) is 7.42. The minimum atomic E-state index is -1.10. The molecule has 88 valence electrons. The van der Waals surface area contributed by atoms with Crippen LogP contribution in [-0.2, 0) is 4.79 Å². The first kappa shape index (κ1) is 11.1. The lowest BCUT2D eigenvalue weighted by atomic mass is 9.99. The third-order valence-electron chi connectivity index (χ3n) is 3.20. The van der Waals surface area contributed by atoms with Gasteiger partial charge in [-0.1, -0.05) is 0 Å². The molecular formula is C10H16N4O2. The van der Waals surface area contributed by atoms with Crippen molar-refractivity contribution in [2.75, 3.05) is 0 Å². The molecule has 1 aliphatic rings. The third kappa shape index (κ3) is 1.69. The molecule has 16 heavy (non-hydrogen) atoms. The van der Waals surface area contributed by atoms with Crippen molar-refractivity contribution in [3.63, 3.8) is 0 Å². The average molecular weight is 224 g/mol. The molecule has 2 atom stereocenters. The Hall–Kier alpha value is -1.43. The van der Waals surface area contributed by atoms with Crippen LogP contribution in [0, 0.1) is 13.8 Å². The number of carboxylic acids is 1. The Balaban J connectivity index is 2.21. The standard InChI is InChI=1S/C10H16N4O2/c1-6-12-7(2)14(13-6)8-3-4-10(11,5-8)9(15)16/h8H,3-5,11H2,1-2H3,(H,15,16). The van der Waals surface area contributed by atoms with Gasteiger partial charge in [-0.3, -0.25) is 4.79 Å². The summed E-state index contributed by atoms with van der Waals surface area (Å²) in [6, 6.07) is 0.0577. The van der Waals surface area contributed by atoms with Crippen molar-refractivity contribution >= 4 is 5.97 Å². The highest BCUT2D eigenvalue weighted by Gasteiger charge is 2.43. The van der Waals surface area contributed by atoms with Crippen molar-refractivity contribution in [2.45, 2.75) is 44.7 Å². The van der Waals surface area contributed by atoms with E-state index in [0.717, 1.165) is 12.2 Å². The number of carboxylic acid groups (broad SMARTS) is 1. The maximum absolute atomic E-state index is 11.0. The summed E-state index contributed by atoms with van der Waals surface area (Å²) in [4.78, 5) is 15.2. The van der Waals surface area contributed by atoms with Crippen LogP contribution in [0.3, 0.4) is 0 Å². The summed E-state index contributed by atoms with van der Waals surface area (Å²) in [6.07, 6.45) is 1.66. The second kappa shape index (κ2) is 3.55. The predicted octanol–water partition coefficient (Wildman–Crippen LogP) is 0.402. The van der Waals surface area contributed by atoms with Crippen molar-refractivity contribution < 1.29 is 9.90 Å². The Morgan fingerprint density at radius 1 is 1.62 bits per heavy atom. The van der Waals surface area contributed by atoms with Crippen molar-refractivity contribution in [1.82, 2.24) is 14.8 Å². The molecule has 0 radical (unpaired) electrons. The van der Waals surface area contributed by atoms with E-state index >= 15 is 0 Å². The first-order valence-electron chi connectivity index (χ1n) is 5.34. The van der Waals surface area contributed by atoms with Crippen LogP contribution in [0.15, 0.2) is 0 Å². The fraction of sp³-hybridized carbons (Fsp3) is 0.700. The third-order valence-corrected chi connectivity index (χ3v) is 3.20. The number of nitrogens with zero attached hydrogens (tertiary/aromatic N) is 3. The van der Waals surface area contributed by atoms with Crippen LogP contribution >= 0.6 is 0 Å². The van der Waals surface area contributed by atoms with Crippen LogP contribution in [-0.4, -0.2) is 31.4 Å². The highest BCUT2D eigenvalue weighted by atomic mass is 16.4. The molecule has 2 unspecified atom stereocenters. The van der Waals surface area contributed by atoms with E-state index < -0.39 is 11.5 Å². The lowest BCUT2D eigenvalue weighted by Gasteiger charge is -2.18. The summed E-state index contributed by atoms with van der Waals surface area (Å²) in [5.74, 6) is 0.601. The highest BCUT2D eigenvalue weighted by molar-refractivity contribution is 5.78. The van der Waals surface area contributed by atoms with Gasteiger partial charge < -0.3 is 10.8 Å². The lowest BCUT2D eigenvalue weighted by molar-refractivity contribution is -0.143. The van der Waals surface area contributed by atoms with E-state index in [1.165, 1.54) is 0 Å². The molecule has 1 fully saturated rings. The Morgan fingerprint density at radius 2 is 2.31 bits per heavy atom. The normalized spacial score (nSPS) is 29.6. The summed E-state index contributed by atoms with van der Waals surface area (Å²) < 4.78 is 1.80. The number of rotatable bonds is 2. The van der Waals surface area contributed by atoms with Gasteiger partial charge in [0, 0.05) is 0 Å². The molecule has 0 aromatic carbocycles. The zero-order valence-electron chi connectivity index (χ0n) is 9.47. The number of hydrogen-bond donors (Lipinski definition) is 2. The topological polar surface area (TPSA) is 94.0 Å². The molecule has 0 spiro atoms. The number of carbonyl (C=O) groups is 1. The Bertz CT molecular complexity index is 428. The van der Waals surface area contributed by atoms with Gasteiger partial charge >= 0.3 is 5.97 Å². The molecule has 1 saturated carbocycles. The minimum Gasteiger partial charge on any atom is -0.480 e. The van der Waals surface area contributed by atoms with Gasteiger partial charge in [0.25, 0.3) is 0 Å². The van der Waals surface area contributed by atoms with Gasteiger partial charge in [-0.25, -0.2) is 9.67 Å². The van der Waals surface area contributed by atoms with E-state index in [1.54, 1.807) is 4.68 Å². The Morgan fingerprint density at radius 3 is 2.75 bits per heavy atom. The average Bonchev–Trinajstić information content (AvgIpc) is 2.71. The molecule has 0 amide bonds. The summed E-state index contributed by atoms with van der Waals surface area (Å²) in [6.45, 7) is 3.70. The molecule has 6 nitrogen and oxygen atoms in total. The van der Waals surface area contributed by atoms with Crippen molar-refractivity contribution in [2.24, 2.45) is 5.73 Å². The maximum Gasteiger partial charge on any atom is 0.323 e. The van der Waals surface area contributed by atoms with Gasteiger partial charge in [-0.2, -0.15) is 5.10 Å². The molecule has 1 heterocycles. The van der Waals surface area contributed by atoms with Crippen LogP contribution in [0.2, 0.25) is 0 Å². The van der Waals surface area contributed by atoms with E-state index in [1.807, 2.05) is 13.8 Å². The molecule has 1 aromatic heterocycles. The molecule has 1 aromatic rings. The molecule has 0 saturated heterocycles. The van der Waals surface area contributed by atoms with Gasteiger partial charge in [-0.05, 0) is 33.1 Å². The van der Waals surface area contributed by atoms with Gasteiger partial charge in [-0.15, -0.1) is 0 Å². The maximum atomic E-state index is 11.0. The number of aryl methyl sites for hydroxylation is 2. The van der Waals surface area contributed by atoms with Gasteiger partial charge in [0.2, 0.25) is 0 Å². The summed E-state index contributed by atoms with van der Waals surface area (Å²) in [5, 5.41) is 13.3. The number of aromatic nitrogens is 3. The Kier molecular flexibility index (Phi) is 2.46. The van der Waals surface area contributed by atoms with E-state index in [4.69, 9.17) is 10.8 Å². The van der Waals surface area contributed by atoms with E-state index in [-0.39, 0.29) is 6.04 Å². The number of nitrogens with two attached hydrogens (primary N) is 1. The predicted molar refractivity (Wildman–Crippen MR) is 56.9 cm³/mol. The highest BCUT2D eigenvalue weighted by Crippen LogP contribution is 2.36. The number of hydrogen-bond acceptors (Lipinski definition) is 4. The fourth-order valence-electron chi connectivity index (χ4n) is 2.33. The second-order valence-corrected chi connectivity index (χ2v) is 4.51. The monoisotopic (exact) mass is 224 g/mol. The second-order valence-electron chi connectivity index (χ2n) is 4.51. The van der Waals surface area contributed by atoms with Crippen molar-refractivity contribution in [3.05, 3.63) is 11.6 Å². The molecule has 0 bridgehead atoms. The van der Waals surface area contributed by atoms with Gasteiger partial charge in [0.1, 0.15) is 17.2 Å². The van der Waals surface area contributed by atoms with Crippen LogP contribution in [0.1, 0.15) is 37.0 Å². The molecule has 3 N–H and O–H groups in total. The molecular weight excluding hydrogens is 208 g/mol. The number of aliphatic carboxylic acids is 1. The molecule has 2 rings (SSSR count). The first-order valence-corrected chi connectivity index (χ1v) is 5.34.